The van der Waals surface area contributed by atoms with E-state index in [9.17, 15) is 24.3 Å². The molecule has 0 saturated heterocycles. The van der Waals surface area contributed by atoms with Crippen molar-refractivity contribution in [1.29, 1.82) is 0 Å². The van der Waals surface area contributed by atoms with Crippen LogP contribution in [-0.2, 0) is 30.2 Å². The molecule has 11 heteroatoms. The Bertz CT molecular complexity index is 1000. The van der Waals surface area contributed by atoms with Crippen molar-refractivity contribution < 1.29 is 48.0 Å². The first-order chi connectivity index (χ1) is 18.0. The third-order valence-electron chi connectivity index (χ3n) is 5.81. The van der Waals surface area contributed by atoms with Crippen molar-refractivity contribution in [3.8, 4) is 11.5 Å². The van der Waals surface area contributed by atoms with Crippen LogP contribution in [0.5, 0.6) is 11.5 Å². The Morgan fingerprint density at radius 1 is 0.897 bits per heavy atom. The van der Waals surface area contributed by atoms with Crippen LogP contribution in [0.15, 0.2) is 18.2 Å². The molecule has 0 heterocycles. The second-order valence-electron chi connectivity index (χ2n) is 11.2. The average Bonchev–Trinajstić information content (AvgIpc) is 2.82. The first kappa shape index (κ1) is 33.7. The fourth-order valence-corrected chi connectivity index (χ4v) is 3.17. The Balaban J connectivity index is 3.19. The highest BCUT2D eigenvalue weighted by Crippen LogP contribution is 2.32. The molecule has 0 saturated carbocycles. The molecule has 0 aliphatic carbocycles. The summed E-state index contributed by atoms with van der Waals surface area (Å²) in [5, 5.41) is 9.94. The van der Waals surface area contributed by atoms with Crippen molar-refractivity contribution in [2.75, 3.05) is 13.2 Å². The summed E-state index contributed by atoms with van der Waals surface area (Å²) in [6.45, 7) is 14.5. The van der Waals surface area contributed by atoms with E-state index < -0.39 is 41.3 Å². The predicted octanol–water partition coefficient (Wildman–Crippen LogP) is 5.11. The third kappa shape index (κ3) is 11.5. The Morgan fingerprint density at radius 3 is 1.87 bits per heavy atom. The Hall–Kier alpha value is -3.34. The maximum absolute atomic E-state index is 12.4. The van der Waals surface area contributed by atoms with Gasteiger partial charge in [0.1, 0.15) is 11.6 Å². The standard InChI is InChI=1S/C28H43NO10/c1-9-27(7,8)24(32)37-19(6)13-28(29,23(30)31)14-20-10-11-21(38-25(33)35-15-17(2)3)22(12-20)39-26(34)36-16-18(4)5/h10-12,17-19H,9,13-16,29H2,1-8H3,(H,30,31)/t19-,28?/m0/s1. The van der Waals surface area contributed by atoms with Crippen molar-refractivity contribution >= 4 is 24.2 Å². The van der Waals surface area contributed by atoms with Gasteiger partial charge in [0.15, 0.2) is 11.5 Å². The number of carboxylic acid groups (broad SMARTS) is 1. The van der Waals surface area contributed by atoms with Crippen molar-refractivity contribution in [2.24, 2.45) is 23.0 Å². The number of carbonyl (C=O) groups is 4. The molecular formula is C28H43NO10. The lowest BCUT2D eigenvalue weighted by Gasteiger charge is -2.30. The van der Waals surface area contributed by atoms with Gasteiger partial charge in [-0.25, -0.2) is 9.59 Å². The van der Waals surface area contributed by atoms with Crippen molar-refractivity contribution in [3.05, 3.63) is 23.8 Å². The van der Waals surface area contributed by atoms with Crippen LogP contribution in [0.2, 0.25) is 0 Å². The van der Waals surface area contributed by atoms with Crippen LogP contribution in [0.25, 0.3) is 0 Å². The molecule has 0 aliphatic rings. The number of ether oxygens (including phenoxy) is 5. The molecule has 2 atom stereocenters. The maximum Gasteiger partial charge on any atom is 0.513 e. The van der Waals surface area contributed by atoms with Gasteiger partial charge in [0.25, 0.3) is 0 Å². The van der Waals surface area contributed by atoms with Crippen LogP contribution >= 0.6 is 0 Å². The topological polar surface area (TPSA) is 161 Å². The van der Waals surface area contributed by atoms with E-state index in [0.29, 0.717) is 12.0 Å². The molecule has 1 aromatic rings. The summed E-state index contributed by atoms with van der Waals surface area (Å²) in [6, 6.07) is 4.16. The minimum Gasteiger partial charge on any atom is -0.480 e. The molecule has 1 rings (SSSR count). The van der Waals surface area contributed by atoms with Crippen LogP contribution in [0.3, 0.4) is 0 Å². The molecule has 1 unspecified atom stereocenters. The number of carboxylic acids is 1. The smallest absolute Gasteiger partial charge is 0.480 e. The van der Waals surface area contributed by atoms with Crippen LogP contribution in [0.1, 0.15) is 73.8 Å². The van der Waals surface area contributed by atoms with Crippen LogP contribution in [0.4, 0.5) is 9.59 Å². The Labute approximate surface area is 230 Å². The lowest BCUT2D eigenvalue weighted by molar-refractivity contribution is -0.161. The van der Waals surface area contributed by atoms with Gasteiger partial charge < -0.3 is 34.5 Å². The number of benzene rings is 1. The first-order valence-corrected chi connectivity index (χ1v) is 13.0. The minimum absolute atomic E-state index is 0.0537. The second-order valence-corrected chi connectivity index (χ2v) is 11.2. The quantitative estimate of drug-likeness (QED) is 0.179. The van der Waals surface area contributed by atoms with E-state index in [2.05, 4.69) is 0 Å². The molecule has 220 valence electrons. The predicted molar refractivity (Wildman–Crippen MR) is 143 cm³/mol. The highest BCUT2D eigenvalue weighted by atomic mass is 16.7. The van der Waals surface area contributed by atoms with Gasteiger partial charge in [0.2, 0.25) is 0 Å². The number of hydrogen-bond donors (Lipinski definition) is 2. The molecule has 0 bridgehead atoms. The highest BCUT2D eigenvalue weighted by molar-refractivity contribution is 5.79. The molecule has 0 aliphatic heterocycles. The average molecular weight is 554 g/mol. The van der Waals surface area contributed by atoms with E-state index in [1.165, 1.54) is 18.2 Å². The summed E-state index contributed by atoms with van der Waals surface area (Å²) in [5.74, 6) is -1.94. The summed E-state index contributed by atoms with van der Waals surface area (Å²) in [4.78, 5) is 49.0. The van der Waals surface area contributed by atoms with Gasteiger partial charge >= 0.3 is 24.2 Å². The number of nitrogens with two attached hydrogens (primary N) is 1. The molecule has 0 aromatic heterocycles. The number of esters is 1. The zero-order valence-corrected chi connectivity index (χ0v) is 24.2. The molecule has 11 nitrogen and oxygen atoms in total. The van der Waals surface area contributed by atoms with E-state index in [0.717, 1.165) is 0 Å². The zero-order valence-electron chi connectivity index (χ0n) is 24.2. The second kappa shape index (κ2) is 14.7. The van der Waals surface area contributed by atoms with Crippen LogP contribution in [0, 0.1) is 17.3 Å². The maximum atomic E-state index is 12.4. The van der Waals surface area contributed by atoms with E-state index in [-0.39, 0.29) is 49.4 Å². The monoisotopic (exact) mass is 553 g/mol. The van der Waals surface area contributed by atoms with Crippen molar-refractivity contribution in [1.82, 2.24) is 0 Å². The van der Waals surface area contributed by atoms with Crippen LogP contribution in [-0.4, -0.2) is 54.2 Å². The Morgan fingerprint density at radius 2 is 1.41 bits per heavy atom. The van der Waals surface area contributed by atoms with Gasteiger partial charge in [-0.15, -0.1) is 0 Å². The van der Waals surface area contributed by atoms with Crippen molar-refractivity contribution in [2.45, 2.75) is 86.3 Å². The minimum atomic E-state index is -1.83. The molecule has 39 heavy (non-hydrogen) atoms. The number of carbonyl (C=O) groups excluding carboxylic acids is 3. The molecule has 0 fully saturated rings. The van der Waals surface area contributed by atoms with Gasteiger partial charge in [0, 0.05) is 12.8 Å². The lowest BCUT2D eigenvalue weighted by atomic mass is 9.86. The van der Waals surface area contributed by atoms with Gasteiger partial charge in [-0.05, 0) is 56.7 Å². The molecule has 3 N–H and O–H groups in total. The van der Waals surface area contributed by atoms with E-state index in [1.807, 2.05) is 34.6 Å². The molecular weight excluding hydrogens is 510 g/mol. The summed E-state index contributed by atoms with van der Waals surface area (Å²) in [5.41, 5.74) is 4.09. The van der Waals surface area contributed by atoms with Gasteiger partial charge in [-0.1, -0.05) is 40.7 Å². The zero-order chi connectivity index (χ0) is 30.0. The lowest BCUT2D eigenvalue weighted by Crippen LogP contribution is -2.52. The molecule has 1 aromatic carbocycles. The number of aliphatic carboxylic acids is 1. The largest absolute Gasteiger partial charge is 0.513 e. The van der Waals surface area contributed by atoms with E-state index in [4.69, 9.17) is 29.4 Å². The molecule has 0 spiro atoms. The normalized spacial score (nSPS) is 13.8. The summed E-state index contributed by atoms with van der Waals surface area (Å²) >= 11 is 0. The molecule has 0 amide bonds. The fourth-order valence-electron chi connectivity index (χ4n) is 3.17. The molecule has 0 radical (unpaired) electrons. The SMILES string of the molecule is CCC(C)(C)C(=O)O[C@@H](C)CC(N)(Cc1ccc(OC(=O)OCC(C)C)c(OC(=O)OCC(C)C)c1)C(=O)O. The van der Waals surface area contributed by atoms with Crippen LogP contribution < -0.4 is 15.2 Å². The fraction of sp³-hybridized carbons (Fsp3) is 0.643. The van der Waals surface area contributed by atoms with E-state index >= 15 is 0 Å². The van der Waals surface area contributed by atoms with Gasteiger partial charge in [0.05, 0.1) is 18.6 Å². The van der Waals surface area contributed by atoms with E-state index in [1.54, 1.807) is 20.8 Å². The highest BCUT2D eigenvalue weighted by Gasteiger charge is 2.38. The van der Waals surface area contributed by atoms with Crippen molar-refractivity contribution in [3.63, 3.8) is 0 Å². The number of hydrogen-bond acceptors (Lipinski definition) is 10. The summed E-state index contributed by atoms with van der Waals surface area (Å²) < 4.78 is 26.0. The van der Waals surface area contributed by atoms with Gasteiger partial charge in [-0.3, -0.25) is 9.59 Å². The summed E-state index contributed by atoms with van der Waals surface area (Å²) in [6.07, 6.45) is -2.66. The third-order valence-corrected chi connectivity index (χ3v) is 5.81. The van der Waals surface area contributed by atoms with Gasteiger partial charge in [-0.2, -0.15) is 0 Å². The Kier molecular flexibility index (Phi) is 12.7. The number of rotatable bonds is 14. The first-order valence-electron chi connectivity index (χ1n) is 13.0. The summed E-state index contributed by atoms with van der Waals surface area (Å²) in [7, 11) is 0.